The second kappa shape index (κ2) is 9.21. The average Bonchev–Trinajstić information content (AvgIpc) is 2.79. The van der Waals surface area contributed by atoms with Gasteiger partial charge in [-0.1, -0.05) is 0 Å². The van der Waals surface area contributed by atoms with Crippen molar-refractivity contribution in [3.63, 3.8) is 0 Å². The molecule has 5 heteroatoms. The maximum atomic E-state index is 13.6. The van der Waals surface area contributed by atoms with E-state index in [-0.39, 0.29) is 17.5 Å². The minimum atomic E-state index is -3.01. The summed E-state index contributed by atoms with van der Waals surface area (Å²) in [4.78, 5) is 0. The first kappa shape index (κ1) is 22.8. The van der Waals surface area contributed by atoms with Gasteiger partial charge in [0.05, 0.1) is 0 Å². The zero-order valence-corrected chi connectivity index (χ0v) is 19.9. The molecule has 0 aliphatic heterocycles. The van der Waals surface area contributed by atoms with Gasteiger partial charge >= 0.3 is 195 Å². The molecule has 4 aromatic rings. The van der Waals surface area contributed by atoms with Gasteiger partial charge in [-0.05, 0) is 0 Å². The summed E-state index contributed by atoms with van der Waals surface area (Å²) >= 11 is 4.32. The molecule has 0 aliphatic rings. The van der Waals surface area contributed by atoms with Gasteiger partial charge in [0.1, 0.15) is 0 Å². The molecule has 4 rings (SSSR count). The fraction of sp³-hybridized carbons (Fsp3) is 0.111. The molecule has 0 saturated heterocycles. The van der Waals surface area contributed by atoms with E-state index in [4.69, 9.17) is 0 Å². The zero-order valence-electron chi connectivity index (χ0n) is 17.4. The van der Waals surface area contributed by atoms with Crippen molar-refractivity contribution in [1.29, 1.82) is 0 Å². The molecule has 4 aromatic carbocycles. The van der Waals surface area contributed by atoms with Gasteiger partial charge in [0, 0.05) is 0 Å². The van der Waals surface area contributed by atoms with Crippen LogP contribution in [-0.2, 0) is 18.5 Å². The van der Waals surface area contributed by atoms with Crippen LogP contribution in [0.1, 0.15) is 16.7 Å². The number of benzene rings is 4. The minimum absolute atomic E-state index is 0.277. The van der Waals surface area contributed by atoms with E-state index in [2.05, 4.69) is 27.6 Å². The second-order valence-electron chi connectivity index (χ2n) is 8.28. The van der Waals surface area contributed by atoms with E-state index < -0.39 is 5.31 Å². The molecule has 0 N–H and O–H groups in total. The number of rotatable bonds is 7. The Kier molecular flexibility index (Phi) is 6.55. The topological polar surface area (TPSA) is 0 Å². The first-order valence-electron chi connectivity index (χ1n) is 10.3. The van der Waals surface area contributed by atoms with Gasteiger partial charge in [0.15, 0.2) is 0 Å². The van der Waals surface area contributed by atoms with Crippen LogP contribution in [0.4, 0.5) is 13.2 Å². The molecule has 32 heavy (non-hydrogen) atoms. The molecule has 0 heterocycles. The van der Waals surface area contributed by atoms with Crippen LogP contribution in [0, 0.1) is 17.5 Å². The summed E-state index contributed by atoms with van der Waals surface area (Å²) < 4.78 is 40.9. The Balaban J connectivity index is 1.89. The Bertz CT molecular complexity index is 1060. The molecule has 0 aliphatic carbocycles. The molecule has 0 fully saturated rings. The quantitative estimate of drug-likeness (QED) is 0.218. The van der Waals surface area contributed by atoms with Gasteiger partial charge in [0.2, 0.25) is 0 Å². The van der Waals surface area contributed by atoms with Gasteiger partial charge < -0.3 is 0 Å². The van der Waals surface area contributed by atoms with Crippen molar-refractivity contribution in [2.45, 2.75) is 18.5 Å². The Labute approximate surface area is 194 Å². The summed E-state index contributed by atoms with van der Waals surface area (Å²) in [6, 6.07) is 30.0. The van der Waals surface area contributed by atoms with E-state index in [9.17, 15) is 13.2 Å². The van der Waals surface area contributed by atoms with Gasteiger partial charge in [-0.2, -0.15) is 0 Å². The maximum absolute atomic E-state index is 13.6. The summed E-state index contributed by atoms with van der Waals surface area (Å²) in [6.45, 7) is 0. The van der Waals surface area contributed by atoms with Crippen molar-refractivity contribution in [2.75, 3.05) is 0 Å². The molecule has 0 saturated carbocycles. The van der Waals surface area contributed by atoms with Crippen molar-refractivity contribution in [1.82, 2.24) is 0 Å². The monoisotopic (exact) mass is 514 g/mol. The van der Waals surface area contributed by atoms with Crippen LogP contribution in [0.3, 0.4) is 0 Å². The van der Waals surface area contributed by atoms with Gasteiger partial charge in [-0.25, -0.2) is 0 Å². The Morgan fingerprint density at radius 2 is 0.781 bits per heavy atom. The normalized spacial score (nSPS) is 12.8. The third kappa shape index (κ3) is 5.14. The number of halogens is 4. The second-order valence-corrected chi connectivity index (χ2v) is 18.5. The van der Waals surface area contributed by atoms with Gasteiger partial charge in [-0.3, -0.25) is 0 Å². The molecule has 0 nitrogen and oxygen atoms in total. The number of hydrogen-bond donors (Lipinski definition) is 0. The molecule has 0 unspecified atom stereocenters. The number of hydrogen-bond acceptors (Lipinski definition) is 0. The zero-order chi connectivity index (χ0) is 22.6. The standard InChI is InChI=1S/C27H23BrF3P/c28-32(27-4-2-1-3-5-27,18-21-6-12-24(29)13-7-21,19-22-8-14-25(30)15-9-22)20-23-10-16-26(31)17-11-23/h1-17H,18-20H2. The molecular weight excluding hydrogens is 492 g/mol. The van der Waals surface area contributed by atoms with Crippen LogP contribution in [-0.4, -0.2) is 0 Å². The van der Waals surface area contributed by atoms with Crippen LogP contribution < -0.4 is 5.30 Å². The molecule has 0 aromatic heterocycles. The van der Waals surface area contributed by atoms with Crippen LogP contribution in [0.2, 0.25) is 0 Å². The van der Waals surface area contributed by atoms with Crippen LogP contribution in [0.5, 0.6) is 0 Å². The molecule has 0 atom stereocenters. The van der Waals surface area contributed by atoms with Crippen molar-refractivity contribution in [3.8, 4) is 0 Å². The van der Waals surface area contributed by atoms with Crippen molar-refractivity contribution in [2.24, 2.45) is 0 Å². The third-order valence-corrected chi connectivity index (χ3v) is 14.1. The van der Waals surface area contributed by atoms with Crippen molar-refractivity contribution >= 4 is 26.1 Å². The van der Waals surface area contributed by atoms with Crippen LogP contribution >= 0.6 is 20.8 Å². The predicted molar refractivity (Wildman–Crippen MR) is 132 cm³/mol. The molecule has 0 amide bonds. The molecule has 0 bridgehead atoms. The van der Waals surface area contributed by atoms with Crippen LogP contribution in [0.15, 0.2) is 103 Å². The third-order valence-electron chi connectivity index (χ3n) is 5.78. The summed E-state index contributed by atoms with van der Waals surface area (Å²) in [5, 5.41) is -1.85. The van der Waals surface area contributed by atoms with E-state index in [1.54, 1.807) is 0 Å². The van der Waals surface area contributed by atoms with E-state index in [0.717, 1.165) is 22.0 Å². The first-order valence-corrected chi connectivity index (χ1v) is 15.2. The first-order chi connectivity index (χ1) is 15.3. The predicted octanol–water partition coefficient (Wildman–Crippen LogP) is 8.19. The Hall–Kier alpha value is -2.42. The van der Waals surface area contributed by atoms with Crippen molar-refractivity contribution in [3.05, 3.63) is 137 Å². The van der Waals surface area contributed by atoms with E-state index in [1.165, 1.54) is 36.4 Å². The van der Waals surface area contributed by atoms with E-state index in [0.29, 0.717) is 18.5 Å². The SMILES string of the molecule is Fc1ccc(CP(Br)(Cc2ccc(F)cc2)(Cc2ccc(F)cc2)c2ccccc2)cc1. The Morgan fingerprint density at radius 3 is 1.09 bits per heavy atom. The summed E-state index contributed by atoms with van der Waals surface area (Å²) in [5.41, 5.74) is 3.03. The summed E-state index contributed by atoms with van der Waals surface area (Å²) in [5.74, 6) is -0.832. The fourth-order valence-corrected chi connectivity index (χ4v) is 12.5. The van der Waals surface area contributed by atoms with Gasteiger partial charge in [-0.15, -0.1) is 0 Å². The summed E-state index contributed by atoms with van der Waals surface area (Å²) in [6.07, 6.45) is 2.01. The molecule has 164 valence electrons. The van der Waals surface area contributed by atoms with E-state index >= 15 is 0 Å². The molecule has 0 radical (unpaired) electrons. The molecular formula is C27H23BrF3P. The summed E-state index contributed by atoms with van der Waals surface area (Å²) in [7, 11) is 0. The van der Waals surface area contributed by atoms with Crippen LogP contribution in [0.25, 0.3) is 0 Å². The average molecular weight is 515 g/mol. The fourth-order valence-electron chi connectivity index (χ4n) is 4.27. The van der Waals surface area contributed by atoms with Crippen molar-refractivity contribution < 1.29 is 13.2 Å². The van der Waals surface area contributed by atoms with Gasteiger partial charge in [0.25, 0.3) is 0 Å². The van der Waals surface area contributed by atoms with E-state index in [1.807, 2.05) is 54.6 Å². The molecule has 0 spiro atoms. The Morgan fingerprint density at radius 1 is 0.469 bits per heavy atom.